The molecule has 0 atom stereocenters. The van der Waals surface area contributed by atoms with Crippen LogP contribution in [-0.2, 0) is 14.9 Å². The Morgan fingerprint density at radius 3 is 2.65 bits per heavy atom. The first-order valence-corrected chi connectivity index (χ1v) is 7.07. The van der Waals surface area contributed by atoms with Gasteiger partial charge >= 0.3 is 5.97 Å². The van der Waals surface area contributed by atoms with E-state index in [1.165, 1.54) is 0 Å². The van der Waals surface area contributed by atoms with Crippen LogP contribution in [0.3, 0.4) is 0 Å². The van der Waals surface area contributed by atoms with E-state index in [1.807, 2.05) is 33.8 Å². The van der Waals surface area contributed by atoms with Crippen LogP contribution in [0.1, 0.15) is 45.0 Å². The molecule has 0 saturated heterocycles. The first-order chi connectivity index (χ1) is 9.57. The van der Waals surface area contributed by atoms with E-state index < -0.39 is 5.41 Å². The molecule has 2 aromatic heterocycles. The van der Waals surface area contributed by atoms with Gasteiger partial charge in [0, 0.05) is 6.20 Å². The Balaban J connectivity index is 2.53. The maximum atomic E-state index is 12.4. The zero-order chi connectivity index (χ0) is 14.8. The normalized spacial score (nSPS) is 11.8. The van der Waals surface area contributed by atoms with Crippen LogP contribution in [-0.4, -0.2) is 27.5 Å². The molecule has 0 aliphatic carbocycles. The van der Waals surface area contributed by atoms with Gasteiger partial charge < -0.3 is 9.72 Å². The van der Waals surface area contributed by atoms with Gasteiger partial charge in [-0.05, 0) is 38.3 Å². The van der Waals surface area contributed by atoms with Gasteiger partial charge in [-0.15, -0.1) is 0 Å². The van der Waals surface area contributed by atoms with Crippen LogP contribution in [0.2, 0.25) is 0 Å². The van der Waals surface area contributed by atoms with Gasteiger partial charge in [0.05, 0.1) is 12.1 Å². The Bertz CT molecular complexity index is 615. The number of hydrogen-bond acceptors (Lipinski definition) is 4. The second-order valence-corrected chi connectivity index (χ2v) is 4.98. The summed E-state index contributed by atoms with van der Waals surface area (Å²) in [5, 5.41) is 0. The van der Waals surface area contributed by atoms with Crippen LogP contribution in [0.15, 0.2) is 12.3 Å². The van der Waals surface area contributed by atoms with Gasteiger partial charge in [0.1, 0.15) is 11.2 Å². The molecule has 108 valence electrons. The van der Waals surface area contributed by atoms with Gasteiger partial charge in [0.2, 0.25) is 0 Å². The third-order valence-corrected chi connectivity index (χ3v) is 3.80. The molecule has 0 bridgehead atoms. The standard InChI is InChI=1S/C15H21N3O2/c1-5-15(6-2,14(19)20-7-3)13-17-11-8-10(4)9-16-12(11)18-13/h8-9H,5-7H2,1-4H3,(H,16,17,18). The lowest BCUT2D eigenvalue weighted by molar-refractivity contribution is -0.150. The molecule has 0 radical (unpaired) electrons. The highest BCUT2D eigenvalue weighted by atomic mass is 16.5. The lowest BCUT2D eigenvalue weighted by atomic mass is 9.81. The molecule has 0 fully saturated rings. The van der Waals surface area contributed by atoms with Crippen LogP contribution in [0.5, 0.6) is 0 Å². The molecule has 0 aliphatic heterocycles. The highest BCUT2D eigenvalue weighted by Gasteiger charge is 2.41. The first kappa shape index (κ1) is 14.5. The van der Waals surface area contributed by atoms with Crippen molar-refractivity contribution in [3.8, 4) is 0 Å². The Morgan fingerprint density at radius 1 is 1.35 bits per heavy atom. The van der Waals surface area contributed by atoms with E-state index in [9.17, 15) is 4.79 Å². The number of aromatic nitrogens is 3. The van der Waals surface area contributed by atoms with E-state index in [0.29, 0.717) is 30.9 Å². The quantitative estimate of drug-likeness (QED) is 0.852. The summed E-state index contributed by atoms with van der Waals surface area (Å²) in [5.41, 5.74) is 1.84. The Labute approximate surface area is 118 Å². The highest BCUT2D eigenvalue weighted by Crippen LogP contribution is 2.32. The van der Waals surface area contributed by atoms with E-state index in [2.05, 4.69) is 15.0 Å². The number of rotatable bonds is 5. The summed E-state index contributed by atoms with van der Waals surface area (Å²) in [4.78, 5) is 24.4. The van der Waals surface area contributed by atoms with Crippen molar-refractivity contribution in [3.05, 3.63) is 23.7 Å². The number of carbonyl (C=O) groups excluding carboxylic acids is 1. The summed E-state index contributed by atoms with van der Waals surface area (Å²) in [7, 11) is 0. The summed E-state index contributed by atoms with van der Waals surface area (Å²) < 4.78 is 5.24. The maximum absolute atomic E-state index is 12.4. The van der Waals surface area contributed by atoms with Crippen LogP contribution in [0, 0.1) is 6.92 Å². The van der Waals surface area contributed by atoms with Crippen molar-refractivity contribution in [3.63, 3.8) is 0 Å². The van der Waals surface area contributed by atoms with E-state index in [1.54, 1.807) is 6.20 Å². The lowest BCUT2D eigenvalue weighted by Crippen LogP contribution is -2.37. The fourth-order valence-electron chi connectivity index (χ4n) is 2.47. The van der Waals surface area contributed by atoms with Crippen molar-refractivity contribution in [1.82, 2.24) is 15.0 Å². The molecule has 1 N–H and O–H groups in total. The first-order valence-electron chi connectivity index (χ1n) is 7.07. The number of esters is 1. The predicted octanol–water partition coefficient (Wildman–Crippen LogP) is 2.89. The van der Waals surface area contributed by atoms with Gasteiger partial charge in [-0.3, -0.25) is 4.79 Å². The largest absolute Gasteiger partial charge is 0.465 e. The number of pyridine rings is 1. The predicted molar refractivity (Wildman–Crippen MR) is 77.5 cm³/mol. The number of nitrogens with zero attached hydrogens (tertiary/aromatic N) is 2. The minimum atomic E-state index is -0.718. The highest BCUT2D eigenvalue weighted by molar-refractivity contribution is 5.83. The molecule has 0 amide bonds. The van der Waals surface area contributed by atoms with Crippen LogP contribution >= 0.6 is 0 Å². The Hall–Kier alpha value is -1.91. The Morgan fingerprint density at radius 2 is 2.05 bits per heavy atom. The molecule has 0 saturated carbocycles. The van der Waals surface area contributed by atoms with Crippen molar-refractivity contribution in [2.45, 2.75) is 46.0 Å². The molecule has 2 heterocycles. The summed E-state index contributed by atoms with van der Waals surface area (Å²) in [6.07, 6.45) is 3.05. The monoisotopic (exact) mass is 275 g/mol. The zero-order valence-corrected chi connectivity index (χ0v) is 12.5. The van der Waals surface area contributed by atoms with Gasteiger partial charge in [-0.1, -0.05) is 13.8 Å². The zero-order valence-electron chi connectivity index (χ0n) is 12.5. The SMILES string of the molecule is CCOC(=O)C(CC)(CC)c1nc2ncc(C)cc2[nH]1. The van der Waals surface area contributed by atoms with Crippen LogP contribution < -0.4 is 0 Å². The maximum Gasteiger partial charge on any atom is 0.319 e. The molecule has 5 nitrogen and oxygen atoms in total. The molecule has 5 heteroatoms. The average molecular weight is 275 g/mol. The summed E-state index contributed by atoms with van der Waals surface area (Å²) in [6, 6.07) is 1.99. The fraction of sp³-hybridized carbons (Fsp3) is 0.533. The van der Waals surface area contributed by atoms with Gasteiger partial charge in [0.15, 0.2) is 5.65 Å². The molecular weight excluding hydrogens is 254 g/mol. The van der Waals surface area contributed by atoms with Gasteiger partial charge in [0.25, 0.3) is 0 Å². The molecule has 2 aromatic rings. The number of carbonyl (C=O) groups is 1. The number of aryl methyl sites for hydroxylation is 1. The minimum absolute atomic E-state index is 0.222. The number of aromatic amines is 1. The second kappa shape index (κ2) is 5.61. The molecule has 2 rings (SSSR count). The smallest absolute Gasteiger partial charge is 0.319 e. The van der Waals surface area contributed by atoms with E-state index in [4.69, 9.17) is 4.74 Å². The molecule has 0 unspecified atom stereocenters. The Kier molecular flexibility index (Phi) is 4.06. The number of imidazole rings is 1. The van der Waals surface area contributed by atoms with E-state index in [0.717, 1.165) is 11.1 Å². The number of ether oxygens (including phenoxy) is 1. The lowest BCUT2D eigenvalue weighted by Gasteiger charge is -2.26. The average Bonchev–Trinajstić information content (AvgIpc) is 2.84. The molecular formula is C15H21N3O2. The van der Waals surface area contributed by atoms with Crippen LogP contribution in [0.4, 0.5) is 0 Å². The summed E-state index contributed by atoms with van der Waals surface area (Å²) >= 11 is 0. The molecule has 20 heavy (non-hydrogen) atoms. The molecule has 0 spiro atoms. The van der Waals surface area contributed by atoms with Gasteiger partial charge in [-0.2, -0.15) is 0 Å². The number of fused-ring (bicyclic) bond motifs is 1. The van der Waals surface area contributed by atoms with Gasteiger partial charge in [-0.25, -0.2) is 9.97 Å². The molecule has 0 aliphatic rings. The number of nitrogens with one attached hydrogen (secondary N) is 1. The van der Waals surface area contributed by atoms with E-state index >= 15 is 0 Å². The van der Waals surface area contributed by atoms with Crippen molar-refractivity contribution in [1.29, 1.82) is 0 Å². The van der Waals surface area contributed by atoms with Crippen molar-refractivity contribution in [2.75, 3.05) is 6.61 Å². The molecule has 0 aromatic carbocycles. The number of hydrogen-bond donors (Lipinski definition) is 1. The van der Waals surface area contributed by atoms with Crippen molar-refractivity contribution < 1.29 is 9.53 Å². The summed E-state index contributed by atoms with van der Waals surface area (Å²) in [5.74, 6) is 0.426. The number of H-pyrrole nitrogens is 1. The third kappa shape index (κ3) is 2.28. The van der Waals surface area contributed by atoms with E-state index in [-0.39, 0.29) is 5.97 Å². The van der Waals surface area contributed by atoms with Crippen molar-refractivity contribution in [2.24, 2.45) is 0 Å². The fourth-order valence-corrected chi connectivity index (χ4v) is 2.47. The topological polar surface area (TPSA) is 67.9 Å². The third-order valence-electron chi connectivity index (χ3n) is 3.80. The van der Waals surface area contributed by atoms with Crippen molar-refractivity contribution >= 4 is 17.1 Å². The van der Waals surface area contributed by atoms with Crippen LogP contribution in [0.25, 0.3) is 11.2 Å². The second-order valence-electron chi connectivity index (χ2n) is 4.98. The minimum Gasteiger partial charge on any atom is -0.465 e. The summed E-state index contributed by atoms with van der Waals surface area (Å²) in [6.45, 7) is 8.12.